The first-order chi connectivity index (χ1) is 14.6. The zero-order valence-electron chi connectivity index (χ0n) is 17.3. The predicted octanol–water partition coefficient (Wildman–Crippen LogP) is 3.35. The van der Waals surface area contributed by atoms with Crippen LogP contribution in [0.3, 0.4) is 0 Å². The average molecular weight is 429 g/mol. The van der Waals surface area contributed by atoms with E-state index in [2.05, 4.69) is 22.3 Å². The Hall–Kier alpha value is -2.74. The number of nitrogens with zero attached hydrogens (tertiary/aromatic N) is 3. The molecule has 160 valence electrons. The molecule has 0 aliphatic carbocycles. The molecule has 1 aromatic heterocycles. The van der Waals surface area contributed by atoms with Gasteiger partial charge in [-0.3, -0.25) is 10.1 Å². The van der Waals surface area contributed by atoms with E-state index in [4.69, 9.17) is 4.74 Å². The number of amides is 3. The van der Waals surface area contributed by atoms with Gasteiger partial charge in [0.05, 0.1) is 18.0 Å². The summed E-state index contributed by atoms with van der Waals surface area (Å²) in [5, 5.41) is 5.70. The summed E-state index contributed by atoms with van der Waals surface area (Å²) in [5.74, 6) is 0.913. The van der Waals surface area contributed by atoms with Crippen LogP contribution >= 0.6 is 11.3 Å². The second kappa shape index (κ2) is 9.38. The number of nitrogens with one attached hydrogen (secondary N) is 1. The molecule has 1 aromatic carbocycles. The van der Waals surface area contributed by atoms with Crippen LogP contribution in [0.4, 0.5) is 15.5 Å². The Balaban J connectivity index is 1.29. The van der Waals surface area contributed by atoms with Crippen molar-refractivity contribution in [1.82, 2.24) is 9.80 Å². The molecule has 0 bridgehead atoms. The van der Waals surface area contributed by atoms with Crippen LogP contribution in [0.1, 0.15) is 12.8 Å². The molecule has 0 radical (unpaired) electrons. The lowest BCUT2D eigenvalue weighted by Gasteiger charge is -2.39. The Labute approximate surface area is 181 Å². The van der Waals surface area contributed by atoms with Crippen molar-refractivity contribution in [3.63, 3.8) is 0 Å². The highest BCUT2D eigenvalue weighted by Gasteiger charge is 2.32. The molecule has 1 unspecified atom stereocenters. The molecule has 2 aliphatic rings. The van der Waals surface area contributed by atoms with E-state index in [1.165, 1.54) is 11.3 Å². The number of benzene rings is 1. The normalized spacial score (nSPS) is 19.5. The number of hydrogen-bond acceptors (Lipinski definition) is 5. The van der Waals surface area contributed by atoms with Gasteiger partial charge in [0.25, 0.3) is 0 Å². The van der Waals surface area contributed by atoms with Gasteiger partial charge >= 0.3 is 6.03 Å². The Morgan fingerprint density at radius 1 is 1.03 bits per heavy atom. The lowest BCUT2D eigenvalue weighted by Crippen LogP contribution is -2.53. The second-order valence-electron chi connectivity index (χ2n) is 7.70. The monoisotopic (exact) mass is 428 g/mol. The van der Waals surface area contributed by atoms with E-state index in [9.17, 15) is 9.59 Å². The second-order valence-corrected chi connectivity index (χ2v) is 8.65. The first-order valence-corrected chi connectivity index (χ1v) is 11.3. The number of rotatable bonds is 4. The van der Waals surface area contributed by atoms with E-state index in [1.54, 1.807) is 12.0 Å². The van der Waals surface area contributed by atoms with Crippen molar-refractivity contribution < 1.29 is 14.3 Å². The number of methoxy groups -OCH3 is 1. The Kier molecular flexibility index (Phi) is 6.42. The SMILES string of the molecule is COc1ccc(N2CCN(C(=O)C3CCCN(C(=O)Nc4cccs4)C3)CC2)cc1. The maximum Gasteiger partial charge on any atom is 0.322 e. The molecule has 30 heavy (non-hydrogen) atoms. The molecule has 2 aromatic rings. The molecule has 2 aliphatic heterocycles. The van der Waals surface area contributed by atoms with Gasteiger partial charge in [0.2, 0.25) is 5.91 Å². The van der Waals surface area contributed by atoms with Gasteiger partial charge in [0, 0.05) is 45.0 Å². The molecule has 1 atom stereocenters. The van der Waals surface area contributed by atoms with Crippen molar-refractivity contribution >= 4 is 34.0 Å². The average Bonchev–Trinajstić information content (AvgIpc) is 3.32. The van der Waals surface area contributed by atoms with Crippen LogP contribution in [0, 0.1) is 5.92 Å². The summed E-state index contributed by atoms with van der Waals surface area (Å²) in [4.78, 5) is 31.7. The molecule has 0 spiro atoms. The quantitative estimate of drug-likeness (QED) is 0.811. The van der Waals surface area contributed by atoms with Gasteiger partial charge < -0.3 is 19.4 Å². The number of hydrogen-bond donors (Lipinski definition) is 1. The van der Waals surface area contributed by atoms with Gasteiger partial charge in [-0.1, -0.05) is 0 Å². The van der Waals surface area contributed by atoms with Crippen LogP contribution < -0.4 is 15.0 Å². The molecule has 3 amide bonds. The highest BCUT2D eigenvalue weighted by Crippen LogP contribution is 2.24. The lowest BCUT2D eigenvalue weighted by molar-refractivity contribution is -0.137. The number of piperidine rings is 1. The van der Waals surface area contributed by atoms with Gasteiger partial charge in [0.15, 0.2) is 0 Å². The zero-order chi connectivity index (χ0) is 20.9. The van der Waals surface area contributed by atoms with Crippen LogP contribution in [0.2, 0.25) is 0 Å². The molecular weight excluding hydrogens is 400 g/mol. The van der Waals surface area contributed by atoms with Crippen LogP contribution in [-0.4, -0.2) is 68.1 Å². The van der Waals surface area contributed by atoms with E-state index >= 15 is 0 Å². The predicted molar refractivity (Wildman–Crippen MR) is 119 cm³/mol. The van der Waals surface area contributed by atoms with E-state index in [0.29, 0.717) is 26.2 Å². The summed E-state index contributed by atoms with van der Waals surface area (Å²) in [5.41, 5.74) is 1.15. The van der Waals surface area contributed by atoms with E-state index in [-0.39, 0.29) is 17.9 Å². The first-order valence-electron chi connectivity index (χ1n) is 10.4. The minimum Gasteiger partial charge on any atom is -0.497 e. The number of carbonyl (C=O) groups excluding carboxylic acids is 2. The molecule has 2 fully saturated rings. The summed E-state index contributed by atoms with van der Waals surface area (Å²) < 4.78 is 5.22. The molecule has 7 nitrogen and oxygen atoms in total. The number of piperazine rings is 1. The van der Waals surface area contributed by atoms with Gasteiger partial charge in [-0.15, -0.1) is 11.3 Å². The molecule has 2 saturated heterocycles. The van der Waals surface area contributed by atoms with Crippen molar-refractivity contribution in [3.05, 3.63) is 41.8 Å². The molecule has 3 heterocycles. The highest BCUT2D eigenvalue weighted by molar-refractivity contribution is 7.14. The van der Waals surface area contributed by atoms with Crippen molar-refractivity contribution in [2.75, 3.05) is 56.6 Å². The summed E-state index contributed by atoms with van der Waals surface area (Å²) in [6, 6.07) is 11.7. The fraction of sp³-hybridized carbons (Fsp3) is 0.455. The van der Waals surface area contributed by atoms with Crippen LogP contribution in [0.5, 0.6) is 5.75 Å². The minimum absolute atomic E-state index is 0.111. The van der Waals surface area contributed by atoms with E-state index in [1.807, 2.05) is 34.5 Å². The summed E-state index contributed by atoms with van der Waals surface area (Å²) in [6.07, 6.45) is 1.71. The van der Waals surface area contributed by atoms with Crippen LogP contribution in [-0.2, 0) is 4.79 Å². The highest BCUT2D eigenvalue weighted by atomic mass is 32.1. The summed E-state index contributed by atoms with van der Waals surface area (Å²) >= 11 is 1.50. The number of carbonyl (C=O) groups is 2. The number of ether oxygens (including phenoxy) is 1. The van der Waals surface area contributed by atoms with E-state index < -0.39 is 0 Å². The standard InChI is InChI=1S/C22H28N4O3S/c1-29-19-8-6-18(7-9-19)24-11-13-25(14-12-24)21(27)17-4-2-10-26(16-17)22(28)23-20-5-3-15-30-20/h3,5-9,15,17H,2,4,10-14,16H2,1H3,(H,23,28). The van der Waals surface area contributed by atoms with Crippen molar-refractivity contribution in [2.24, 2.45) is 5.92 Å². The Morgan fingerprint density at radius 3 is 2.47 bits per heavy atom. The third kappa shape index (κ3) is 4.70. The van der Waals surface area contributed by atoms with Crippen molar-refractivity contribution in [2.45, 2.75) is 12.8 Å². The van der Waals surface area contributed by atoms with Crippen LogP contribution in [0.25, 0.3) is 0 Å². The third-order valence-corrected chi connectivity index (χ3v) is 6.62. The van der Waals surface area contributed by atoms with Crippen molar-refractivity contribution in [3.8, 4) is 5.75 Å². The summed E-state index contributed by atoms with van der Waals surface area (Å²) in [7, 11) is 1.66. The maximum atomic E-state index is 13.1. The van der Waals surface area contributed by atoms with Crippen molar-refractivity contribution in [1.29, 1.82) is 0 Å². The topological polar surface area (TPSA) is 65.1 Å². The van der Waals surface area contributed by atoms with Gasteiger partial charge in [-0.2, -0.15) is 0 Å². The molecular formula is C22H28N4O3S. The number of anilines is 2. The maximum absolute atomic E-state index is 13.1. The Morgan fingerprint density at radius 2 is 1.80 bits per heavy atom. The number of likely N-dealkylation sites (tertiary alicyclic amines) is 1. The van der Waals surface area contributed by atoms with E-state index in [0.717, 1.165) is 42.4 Å². The first kappa shape index (κ1) is 20.5. The Bertz CT molecular complexity index is 848. The van der Waals surface area contributed by atoms with Gasteiger partial charge in [-0.05, 0) is 54.6 Å². The zero-order valence-corrected chi connectivity index (χ0v) is 18.1. The van der Waals surface area contributed by atoms with Crippen LogP contribution in [0.15, 0.2) is 41.8 Å². The molecule has 8 heteroatoms. The minimum atomic E-state index is -0.112. The molecule has 1 N–H and O–H groups in total. The largest absolute Gasteiger partial charge is 0.497 e. The summed E-state index contributed by atoms with van der Waals surface area (Å²) in [6.45, 7) is 4.24. The number of thiophene rings is 1. The fourth-order valence-electron chi connectivity index (χ4n) is 4.13. The smallest absolute Gasteiger partial charge is 0.322 e. The third-order valence-electron chi connectivity index (χ3n) is 5.84. The lowest BCUT2D eigenvalue weighted by atomic mass is 9.96. The van der Waals surface area contributed by atoms with Gasteiger partial charge in [0.1, 0.15) is 5.75 Å². The molecule has 4 rings (SSSR count). The number of urea groups is 1. The fourth-order valence-corrected chi connectivity index (χ4v) is 4.74. The molecule has 0 saturated carbocycles. The van der Waals surface area contributed by atoms with Gasteiger partial charge in [-0.25, -0.2) is 4.79 Å².